The van der Waals surface area contributed by atoms with E-state index in [0.29, 0.717) is 11.6 Å². The number of aryl methyl sites for hydroxylation is 1. The molecule has 0 aliphatic carbocycles. The first-order valence-electron chi connectivity index (χ1n) is 9.78. The second-order valence-corrected chi connectivity index (χ2v) is 8.23. The van der Waals surface area contributed by atoms with Crippen LogP contribution >= 0.6 is 23.4 Å². The van der Waals surface area contributed by atoms with Crippen LogP contribution < -0.4 is 4.74 Å². The van der Waals surface area contributed by atoms with E-state index in [9.17, 15) is 0 Å². The molecule has 0 N–H and O–H groups in total. The van der Waals surface area contributed by atoms with E-state index in [1.807, 2.05) is 73.7 Å². The summed E-state index contributed by atoms with van der Waals surface area (Å²) in [7, 11) is 0. The molecule has 5 nitrogen and oxygen atoms in total. The van der Waals surface area contributed by atoms with Crippen molar-refractivity contribution in [2.24, 2.45) is 5.10 Å². The summed E-state index contributed by atoms with van der Waals surface area (Å²) in [6.07, 6.45) is 1.79. The quantitative estimate of drug-likeness (QED) is 0.245. The highest BCUT2D eigenvalue weighted by Crippen LogP contribution is 2.22. The summed E-state index contributed by atoms with van der Waals surface area (Å²) in [5, 5.41) is 14.5. The summed E-state index contributed by atoms with van der Waals surface area (Å²) in [6.45, 7) is 2.37. The highest BCUT2D eigenvalue weighted by atomic mass is 35.5. The van der Waals surface area contributed by atoms with Gasteiger partial charge in [-0.25, -0.2) is 0 Å². The Morgan fingerprint density at radius 3 is 2.58 bits per heavy atom. The van der Waals surface area contributed by atoms with Crippen LogP contribution in [0.1, 0.15) is 22.5 Å². The fourth-order valence-corrected chi connectivity index (χ4v) is 3.85. The molecule has 1 aromatic heterocycles. The second-order valence-electron chi connectivity index (χ2n) is 6.85. The van der Waals surface area contributed by atoms with Crippen molar-refractivity contribution in [3.63, 3.8) is 0 Å². The minimum absolute atomic E-state index is 0.475. The van der Waals surface area contributed by atoms with Crippen molar-refractivity contribution in [1.29, 1.82) is 0 Å². The van der Waals surface area contributed by atoms with E-state index >= 15 is 0 Å². The molecule has 7 heteroatoms. The Hall–Kier alpha value is -3.09. The number of hydrogen-bond donors (Lipinski definition) is 0. The Labute approximate surface area is 190 Å². The second kappa shape index (κ2) is 10.3. The van der Waals surface area contributed by atoms with Gasteiger partial charge in [-0.15, -0.1) is 10.2 Å². The normalized spacial score (nSPS) is 11.2. The van der Waals surface area contributed by atoms with Crippen LogP contribution in [-0.2, 0) is 12.4 Å². The molecule has 3 aromatic carbocycles. The summed E-state index contributed by atoms with van der Waals surface area (Å²) in [4.78, 5) is 0. The molecule has 0 bridgehead atoms. The van der Waals surface area contributed by atoms with Crippen LogP contribution in [-0.4, -0.2) is 21.1 Å². The Bertz CT molecular complexity index is 1160. The van der Waals surface area contributed by atoms with Gasteiger partial charge in [0, 0.05) is 10.8 Å². The number of hydrogen-bond acceptors (Lipinski definition) is 5. The van der Waals surface area contributed by atoms with Gasteiger partial charge < -0.3 is 4.74 Å². The van der Waals surface area contributed by atoms with Crippen LogP contribution in [0.5, 0.6) is 5.75 Å². The van der Waals surface area contributed by atoms with Crippen molar-refractivity contribution >= 4 is 29.6 Å². The van der Waals surface area contributed by atoms with Gasteiger partial charge in [0.2, 0.25) is 5.16 Å². The zero-order valence-corrected chi connectivity index (χ0v) is 18.6. The summed E-state index contributed by atoms with van der Waals surface area (Å²) >= 11 is 7.54. The summed E-state index contributed by atoms with van der Waals surface area (Å²) < 4.78 is 7.66. The van der Waals surface area contributed by atoms with Crippen molar-refractivity contribution in [2.45, 2.75) is 24.4 Å². The van der Waals surface area contributed by atoms with Gasteiger partial charge in [-0.3, -0.25) is 0 Å². The smallest absolute Gasteiger partial charge is 0.212 e. The zero-order chi connectivity index (χ0) is 21.5. The van der Waals surface area contributed by atoms with E-state index in [1.165, 1.54) is 5.56 Å². The third kappa shape index (κ3) is 5.96. The van der Waals surface area contributed by atoms with Crippen molar-refractivity contribution in [3.05, 3.63) is 106 Å². The highest BCUT2D eigenvalue weighted by molar-refractivity contribution is 7.98. The predicted molar refractivity (Wildman–Crippen MR) is 126 cm³/mol. The number of rotatable bonds is 8. The van der Waals surface area contributed by atoms with Gasteiger partial charge in [0.05, 0.1) is 6.21 Å². The first-order chi connectivity index (χ1) is 15.2. The zero-order valence-electron chi connectivity index (χ0n) is 17.0. The molecule has 0 radical (unpaired) electrons. The molecular weight excluding hydrogens is 428 g/mol. The third-order valence-electron chi connectivity index (χ3n) is 4.48. The molecule has 0 spiro atoms. The molecule has 0 fully saturated rings. The van der Waals surface area contributed by atoms with Gasteiger partial charge in [-0.2, -0.15) is 9.78 Å². The lowest BCUT2D eigenvalue weighted by Crippen LogP contribution is -1.98. The maximum Gasteiger partial charge on any atom is 0.212 e. The third-order valence-corrected chi connectivity index (χ3v) is 5.72. The topological polar surface area (TPSA) is 52.3 Å². The van der Waals surface area contributed by atoms with Gasteiger partial charge in [-0.1, -0.05) is 78.0 Å². The first-order valence-corrected chi connectivity index (χ1v) is 11.1. The number of ether oxygens (including phenoxy) is 1. The average Bonchev–Trinajstić information content (AvgIpc) is 3.16. The Morgan fingerprint density at radius 1 is 0.968 bits per heavy atom. The molecule has 1 heterocycles. The standard InChI is InChI=1S/C24H21ClN4OS/c1-18-27-28-24(31-17-20-6-3-2-4-7-20)29(18)26-15-21-8-5-9-23(14-21)30-16-19-10-12-22(25)13-11-19/h2-15H,16-17H2,1H3/b26-15+. The summed E-state index contributed by atoms with van der Waals surface area (Å²) in [6, 6.07) is 25.7. The maximum atomic E-state index is 5.93. The largest absolute Gasteiger partial charge is 0.489 e. The fourth-order valence-electron chi connectivity index (χ4n) is 2.84. The van der Waals surface area contributed by atoms with Gasteiger partial charge in [0.15, 0.2) is 5.82 Å². The molecule has 0 atom stereocenters. The van der Waals surface area contributed by atoms with E-state index in [2.05, 4.69) is 27.4 Å². The predicted octanol–water partition coefficient (Wildman–Crippen LogP) is 5.99. The van der Waals surface area contributed by atoms with Gasteiger partial charge >= 0.3 is 0 Å². The lowest BCUT2D eigenvalue weighted by molar-refractivity contribution is 0.306. The van der Waals surface area contributed by atoms with Crippen molar-refractivity contribution in [1.82, 2.24) is 14.9 Å². The van der Waals surface area contributed by atoms with Gasteiger partial charge in [0.1, 0.15) is 12.4 Å². The SMILES string of the molecule is Cc1nnc(SCc2ccccc2)n1/N=C/c1cccc(OCc2ccc(Cl)cc2)c1. The van der Waals surface area contributed by atoms with Crippen LogP contribution in [0, 0.1) is 6.92 Å². The molecule has 4 aromatic rings. The minimum atomic E-state index is 0.475. The van der Waals surface area contributed by atoms with E-state index < -0.39 is 0 Å². The molecule has 4 rings (SSSR count). The number of nitrogens with zero attached hydrogens (tertiary/aromatic N) is 4. The molecule has 0 saturated heterocycles. The van der Waals surface area contributed by atoms with Crippen molar-refractivity contribution < 1.29 is 4.74 Å². The molecule has 156 valence electrons. The Kier molecular flexibility index (Phi) is 7.02. The number of benzene rings is 3. The molecule has 0 aliphatic rings. The Balaban J connectivity index is 1.42. The Morgan fingerprint density at radius 2 is 1.77 bits per heavy atom. The fraction of sp³-hybridized carbons (Fsp3) is 0.125. The molecular formula is C24H21ClN4OS. The molecule has 0 unspecified atom stereocenters. The molecule has 0 saturated carbocycles. The van der Waals surface area contributed by atoms with Crippen LogP contribution in [0.25, 0.3) is 0 Å². The van der Waals surface area contributed by atoms with Crippen LogP contribution in [0.15, 0.2) is 89.1 Å². The summed E-state index contributed by atoms with van der Waals surface area (Å²) in [5.41, 5.74) is 3.22. The van der Waals surface area contributed by atoms with Gasteiger partial charge in [0.25, 0.3) is 0 Å². The van der Waals surface area contributed by atoms with E-state index in [1.54, 1.807) is 22.7 Å². The number of halogens is 1. The maximum absolute atomic E-state index is 5.93. The van der Waals surface area contributed by atoms with Gasteiger partial charge in [-0.05, 0) is 47.9 Å². The first kappa shape index (κ1) is 21.2. The lowest BCUT2D eigenvalue weighted by Gasteiger charge is -2.07. The average molecular weight is 449 g/mol. The van der Waals surface area contributed by atoms with Crippen molar-refractivity contribution in [3.8, 4) is 5.75 Å². The van der Waals surface area contributed by atoms with E-state index in [4.69, 9.17) is 16.3 Å². The number of thioether (sulfide) groups is 1. The van der Waals surface area contributed by atoms with Crippen LogP contribution in [0.3, 0.4) is 0 Å². The van der Waals surface area contributed by atoms with E-state index in [-0.39, 0.29) is 0 Å². The minimum Gasteiger partial charge on any atom is -0.489 e. The lowest BCUT2D eigenvalue weighted by atomic mass is 10.2. The van der Waals surface area contributed by atoms with Crippen molar-refractivity contribution in [2.75, 3.05) is 0 Å². The molecule has 0 amide bonds. The van der Waals surface area contributed by atoms with Crippen LogP contribution in [0.2, 0.25) is 5.02 Å². The molecule has 31 heavy (non-hydrogen) atoms. The summed E-state index contributed by atoms with van der Waals surface area (Å²) in [5.74, 6) is 2.32. The monoisotopic (exact) mass is 448 g/mol. The highest BCUT2D eigenvalue weighted by Gasteiger charge is 2.09. The molecule has 0 aliphatic heterocycles. The van der Waals surface area contributed by atoms with Crippen LogP contribution in [0.4, 0.5) is 0 Å². The number of aromatic nitrogens is 3. The van der Waals surface area contributed by atoms with E-state index in [0.717, 1.165) is 33.6 Å².